The molecule has 2 N–H and O–H groups in total. The molecule has 0 aliphatic rings. The van der Waals surface area contributed by atoms with E-state index < -0.39 is 4.92 Å². The van der Waals surface area contributed by atoms with Crippen molar-refractivity contribution < 1.29 is 9.76 Å². The molecule has 88 valence electrons. The van der Waals surface area contributed by atoms with Gasteiger partial charge >= 0.3 is 0 Å². The zero-order valence-corrected chi connectivity index (χ0v) is 10.7. The number of nitro groups is 1. The predicted octanol–water partition coefficient (Wildman–Crippen LogP) is 2.53. The molecule has 0 bridgehead atoms. The Bertz CT molecular complexity index is 407. The van der Waals surface area contributed by atoms with Crippen molar-refractivity contribution in [3.8, 4) is 0 Å². The van der Waals surface area contributed by atoms with Gasteiger partial charge in [0, 0.05) is 22.0 Å². The van der Waals surface area contributed by atoms with Gasteiger partial charge in [0.25, 0.3) is 5.69 Å². The molecule has 0 atom stereocenters. The molecule has 0 amide bonds. The molecular weight excluding hydrogens is 276 g/mol. The molecule has 0 spiro atoms. The van der Waals surface area contributed by atoms with Crippen LogP contribution in [0.15, 0.2) is 22.7 Å². The second-order valence-corrected chi connectivity index (χ2v) is 4.97. The average molecular weight is 289 g/mol. The molecule has 0 unspecified atom stereocenters. The number of halogens is 1. The summed E-state index contributed by atoms with van der Waals surface area (Å²) < 4.78 is 0.684. The van der Waals surface area contributed by atoms with Crippen LogP contribution in [0, 0.1) is 10.1 Å². The molecule has 16 heavy (non-hydrogen) atoms. The monoisotopic (exact) mass is 288 g/mol. The highest BCUT2D eigenvalue weighted by Crippen LogP contribution is 2.32. The van der Waals surface area contributed by atoms with Crippen LogP contribution in [0.25, 0.3) is 0 Å². The minimum Gasteiger partial charge on any atom is -0.304 e. The van der Waals surface area contributed by atoms with Crippen molar-refractivity contribution in [1.29, 1.82) is 0 Å². The smallest absolute Gasteiger partial charge is 0.270 e. The van der Waals surface area contributed by atoms with Gasteiger partial charge in [0.05, 0.1) is 11.5 Å². The molecule has 0 fully saturated rings. The van der Waals surface area contributed by atoms with Gasteiger partial charge in [-0.3, -0.25) is 10.1 Å². The van der Waals surface area contributed by atoms with Gasteiger partial charge in [-0.2, -0.15) is 0 Å². The number of rotatable bonds is 4. The summed E-state index contributed by atoms with van der Waals surface area (Å²) in [5.41, 5.74) is 0.673. The zero-order chi connectivity index (χ0) is 12.3. The molecule has 0 saturated heterocycles. The van der Waals surface area contributed by atoms with Crippen LogP contribution in [-0.2, 0) is 10.3 Å². The van der Waals surface area contributed by atoms with Crippen LogP contribution in [0.2, 0.25) is 0 Å². The Labute approximate surface area is 102 Å². The standard InChI is InChI=1S/C10H13BrN2O3/c1-10(2,6-16-12)8-4-3-7(13(14)15)5-9(8)11/h3-5H,6,12H2,1-2H3. The van der Waals surface area contributed by atoms with Crippen LogP contribution >= 0.6 is 15.9 Å². The molecule has 0 aliphatic heterocycles. The van der Waals surface area contributed by atoms with E-state index in [1.165, 1.54) is 12.1 Å². The molecule has 5 nitrogen and oxygen atoms in total. The van der Waals surface area contributed by atoms with E-state index in [-0.39, 0.29) is 11.1 Å². The van der Waals surface area contributed by atoms with Crippen LogP contribution in [-0.4, -0.2) is 11.5 Å². The Kier molecular flexibility index (Phi) is 4.01. The highest BCUT2D eigenvalue weighted by Gasteiger charge is 2.24. The summed E-state index contributed by atoms with van der Waals surface area (Å²) in [4.78, 5) is 14.8. The molecule has 0 aliphatic carbocycles. The predicted molar refractivity (Wildman–Crippen MR) is 64.0 cm³/mol. The first-order chi connectivity index (χ1) is 7.38. The molecule has 1 aromatic carbocycles. The third-order valence-corrected chi connectivity index (χ3v) is 2.99. The maximum atomic E-state index is 10.6. The summed E-state index contributed by atoms with van der Waals surface area (Å²) in [6.07, 6.45) is 0. The highest BCUT2D eigenvalue weighted by atomic mass is 79.9. The fourth-order valence-electron chi connectivity index (χ4n) is 1.45. The van der Waals surface area contributed by atoms with Crippen molar-refractivity contribution >= 4 is 21.6 Å². The number of non-ortho nitro benzene ring substituents is 1. The van der Waals surface area contributed by atoms with E-state index in [9.17, 15) is 10.1 Å². The van der Waals surface area contributed by atoms with Gasteiger partial charge in [0.15, 0.2) is 0 Å². The van der Waals surface area contributed by atoms with E-state index in [2.05, 4.69) is 20.8 Å². The fourth-order valence-corrected chi connectivity index (χ4v) is 2.36. The number of nitro benzene ring substituents is 1. The summed E-state index contributed by atoms with van der Waals surface area (Å²) in [5, 5.41) is 10.6. The van der Waals surface area contributed by atoms with Crippen LogP contribution in [0.5, 0.6) is 0 Å². The maximum absolute atomic E-state index is 10.6. The van der Waals surface area contributed by atoms with E-state index in [0.717, 1.165) is 5.56 Å². The Hall–Kier alpha value is -0.980. The summed E-state index contributed by atoms with van der Waals surface area (Å²) in [7, 11) is 0. The first-order valence-corrected chi connectivity index (χ1v) is 5.44. The Balaban J connectivity index is 3.12. The van der Waals surface area contributed by atoms with Gasteiger partial charge in [-0.1, -0.05) is 35.8 Å². The number of nitrogens with two attached hydrogens (primary N) is 1. The lowest BCUT2D eigenvalue weighted by Gasteiger charge is -2.24. The summed E-state index contributed by atoms with van der Waals surface area (Å²) >= 11 is 3.32. The van der Waals surface area contributed by atoms with Crippen molar-refractivity contribution in [1.82, 2.24) is 0 Å². The third kappa shape index (κ3) is 2.78. The summed E-state index contributed by atoms with van der Waals surface area (Å²) in [6.45, 7) is 4.24. The van der Waals surface area contributed by atoms with Gasteiger partial charge < -0.3 is 4.84 Å². The van der Waals surface area contributed by atoms with E-state index in [4.69, 9.17) is 5.90 Å². The third-order valence-electron chi connectivity index (χ3n) is 2.34. The summed E-state index contributed by atoms with van der Waals surface area (Å²) in [6, 6.07) is 4.66. The van der Waals surface area contributed by atoms with Crippen LogP contribution in [0.3, 0.4) is 0 Å². The topological polar surface area (TPSA) is 78.4 Å². The minimum absolute atomic E-state index is 0.0556. The second-order valence-electron chi connectivity index (χ2n) is 4.12. The average Bonchev–Trinajstić information content (AvgIpc) is 2.16. The molecule has 0 aromatic heterocycles. The fraction of sp³-hybridized carbons (Fsp3) is 0.400. The molecule has 6 heteroatoms. The molecule has 0 saturated carbocycles. The Morgan fingerprint density at radius 1 is 1.56 bits per heavy atom. The lowest BCUT2D eigenvalue weighted by molar-refractivity contribution is -0.385. The lowest BCUT2D eigenvalue weighted by Crippen LogP contribution is -2.26. The van der Waals surface area contributed by atoms with Crippen molar-refractivity contribution in [3.05, 3.63) is 38.3 Å². The summed E-state index contributed by atoms with van der Waals surface area (Å²) in [5.74, 6) is 5.06. The first-order valence-electron chi connectivity index (χ1n) is 4.64. The largest absolute Gasteiger partial charge is 0.304 e. The second kappa shape index (κ2) is 4.90. The van der Waals surface area contributed by atoms with Gasteiger partial charge in [0.1, 0.15) is 0 Å². The van der Waals surface area contributed by atoms with E-state index >= 15 is 0 Å². The van der Waals surface area contributed by atoms with Gasteiger partial charge in [-0.25, -0.2) is 5.90 Å². The van der Waals surface area contributed by atoms with E-state index in [1.807, 2.05) is 13.8 Å². The lowest BCUT2D eigenvalue weighted by atomic mass is 9.85. The SMILES string of the molecule is CC(C)(CON)c1ccc([N+](=O)[O-])cc1Br. The normalized spacial score (nSPS) is 11.5. The minimum atomic E-state index is -0.430. The van der Waals surface area contributed by atoms with Crippen LogP contribution < -0.4 is 5.90 Å². The first kappa shape index (κ1) is 13.1. The quantitative estimate of drug-likeness (QED) is 0.682. The van der Waals surface area contributed by atoms with Crippen LogP contribution in [0.1, 0.15) is 19.4 Å². The van der Waals surface area contributed by atoms with E-state index in [0.29, 0.717) is 11.1 Å². The van der Waals surface area contributed by atoms with Gasteiger partial charge in [0.2, 0.25) is 0 Å². The highest BCUT2D eigenvalue weighted by molar-refractivity contribution is 9.10. The maximum Gasteiger partial charge on any atom is 0.270 e. The van der Waals surface area contributed by atoms with Crippen molar-refractivity contribution in [2.45, 2.75) is 19.3 Å². The Morgan fingerprint density at radius 2 is 2.19 bits per heavy atom. The molecule has 1 aromatic rings. The van der Waals surface area contributed by atoms with Crippen molar-refractivity contribution in [2.24, 2.45) is 5.90 Å². The van der Waals surface area contributed by atoms with Gasteiger partial charge in [-0.05, 0) is 5.56 Å². The molecular formula is C10H13BrN2O3. The molecule has 0 radical (unpaired) electrons. The zero-order valence-electron chi connectivity index (χ0n) is 9.07. The van der Waals surface area contributed by atoms with Crippen LogP contribution in [0.4, 0.5) is 5.69 Å². The Morgan fingerprint density at radius 3 is 2.62 bits per heavy atom. The number of benzene rings is 1. The number of hydrogen-bond acceptors (Lipinski definition) is 4. The van der Waals surface area contributed by atoms with Crippen molar-refractivity contribution in [3.63, 3.8) is 0 Å². The number of nitrogens with zero attached hydrogens (tertiary/aromatic N) is 1. The van der Waals surface area contributed by atoms with Gasteiger partial charge in [-0.15, -0.1) is 0 Å². The van der Waals surface area contributed by atoms with Crippen molar-refractivity contribution in [2.75, 3.05) is 6.61 Å². The molecule has 0 heterocycles. The number of hydrogen-bond donors (Lipinski definition) is 1. The van der Waals surface area contributed by atoms with E-state index in [1.54, 1.807) is 6.07 Å². The molecule has 1 rings (SSSR count).